The number of hydrogen-bond donors (Lipinski definition) is 2. The van der Waals surface area contributed by atoms with Crippen LogP contribution in [-0.2, 0) is 9.59 Å². The molecule has 0 atom stereocenters. The summed E-state index contributed by atoms with van der Waals surface area (Å²) in [5.41, 5.74) is -1.00. The first-order valence-corrected chi connectivity index (χ1v) is 17.3. The quantitative estimate of drug-likeness (QED) is 0.0818. The van der Waals surface area contributed by atoms with Gasteiger partial charge in [0.2, 0.25) is 5.91 Å². The Morgan fingerprint density at radius 3 is 1.78 bits per heavy atom. The van der Waals surface area contributed by atoms with E-state index < -0.39 is 5.60 Å². The molecule has 0 saturated heterocycles. The Labute approximate surface area is 284 Å². The minimum Gasteiger partial charge on any atom is -0.478 e. The van der Waals surface area contributed by atoms with Gasteiger partial charge in [-0.2, -0.15) is 0 Å². The zero-order valence-electron chi connectivity index (χ0n) is 28.7. The highest BCUT2D eigenvalue weighted by molar-refractivity contribution is 6.30. The third kappa shape index (κ3) is 22.2. The number of amides is 2. The van der Waals surface area contributed by atoms with Crippen molar-refractivity contribution in [2.45, 2.75) is 91.1 Å². The second kappa shape index (κ2) is 26.8. The molecule has 7 heteroatoms. The van der Waals surface area contributed by atoms with Crippen LogP contribution in [0.1, 0.15) is 85.5 Å². The van der Waals surface area contributed by atoms with Gasteiger partial charge in [0.15, 0.2) is 5.60 Å². The fourth-order valence-corrected chi connectivity index (χ4v) is 4.41. The number of nitrogens with zero attached hydrogens (tertiary/aromatic N) is 1. The topological polar surface area (TPSA) is 70.7 Å². The summed E-state index contributed by atoms with van der Waals surface area (Å²) in [5.74, 6) is 0.509. The van der Waals surface area contributed by atoms with Crippen molar-refractivity contribution in [1.29, 1.82) is 0 Å². The molecule has 6 nitrogen and oxygen atoms in total. The first-order valence-electron chi connectivity index (χ1n) is 16.9. The van der Waals surface area contributed by atoms with Gasteiger partial charge < -0.3 is 20.3 Å². The van der Waals surface area contributed by atoms with Crippen LogP contribution in [0.3, 0.4) is 0 Å². The Kier molecular flexibility index (Phi) is 23.7. The number of ether oxygens (including phenoxy) is 1. The van der Waals surface area contributed by atoms with Crippen LogP contribution < -0.4 is 15.4 Å². The Balaban J connectivity index is 2.07. The molecule has 0 aromatic heterocycles. The van der Waals surface area contributed by atoms with Crippen molar-refractivity contribution in [2.24, 2.45) is 0 Å². The molecule has 0 aliphatic heterocycles. The molecule has 0 radical (unpaired) electrons. The average Bonchev–Trinajstić information content (AvgIpc) is 3.04. The van der Waals surface area contributed by atoms with Crippen molar-refractivity contribution in [3.8, 4) is 5.75 Å². The number of halogens is 1. The number of carbonyl (C=O) groups is 2. The zero-order valence-corrected chi connectivity index (χ0v) is 29.4. The molecule has 1 aromatic carbocycles. The van der Waals surface area contributed by atoms with E-state index in [1.165, 1.54) is 0 Å². The highest BCUT2D eigenvalue weighted by Gasteiger charge is 2.29. The summed E-state index contributed by atoms with van der Waals surface area (Å²) in [6.07, 6.45) is 34.2. The molecule has 0 spiro atoms. The molecule has 0 bridgehead atoms. The summed E-state index contributed by atoms with van der Waals surface area (Å²) < 4.78 is 5.86. The maximum atomic E-state index is 12.7. The number of likely N-dealkylation sites (N-methyl/N-ethyl adjacent to an activating group) is 1. The largest absolute Gasteiger partial charge is 0.478 e. The van der Waals surface area contributed by atoms with E-state index in [4.69, 9.17) is 16.3 Å². The van der Waals surface area contributed by atoms with Gasteiger partial charge in [-0.15, -0.1) is 0 Å². The second-order valence-corrected chi connectivity index (χ2v) is 11.9. The van der Waals surface area contributed by atoms with Crippen molar-refractivity contribution in [2.75, 3.05) is 32.7 Å². The van der Waals surface area contributed by atoms with Gasteiger partial charge in [-0.05, 0) is 103 Å². The van der Waals surface area contributed by atoms with E-state index in [1.54, 1.807) is 38.1 Å². The molecule has 0 unspecified atom stereocenters. The molecule has 0 aliphatic rings. The number of carbonyl (C=O) groups excluding carboxylic acids is 2. The van der Waals surface area contributed by atoms with E-state index in [9.17, 15) is 9.59 Å². The van der Waals surface area contributed by atoms with Gasteiger partial charge in [-0.1, -0.05) is 98.4 Å². The average molecular weight is 652 g/mol. The van der Waals surface area contributed by atoms with Crippen molar-refractivity contribution in [3.63, 3.8) is 0 Å². The summed E-state index contributed by atoms with van der Waals surface area (Å²) in [6, 6.07) is 6.97. The van der Waals surface area contributed by atoms with E-state index in [1.807, 2.05) is 0 Å². The Morgan fingerprint density at radius 2 is 1.26 bits per heavy atom. The van der Waals surface area contributed by atoms with Crippen LogP contribution in [0, 0.1) is 0 Å². The number of hydrogen-bond acceptors (Lipinski definition) is 4. The highest BCUT2D eigenvalue weighted by Crippen LogP contribution is 2.21. The fourth-order valence-electron chi connectivity index (χ4n) is 4.28. The molecule has 254 valence electrons. The lowest BCUT2D eigenvalue weighted by Gasteiger charge is -2.26. The number of benzene rings is 1. The fraction of sp³-hybridized carbons (Fsp3) is 0.487. The van der Waals surface area contributed by atoms with Crippen LogP contribution in [0.5, 0.6) is 5.75 Å². The number of nitrogens with one attached hydrogen (secondary N) is 2. The predicted molar refractivity (Wildman–Crippen MR) is 196 cm³/mol. The van der Waals surface area contributed by atoms with Crippen LogP contribution in [0.2, 0.25) is 5.02 Å². The molecule has 0 aliphatic carbocycles. The monoisotopic (exact) mass is 651 g/mol. The van der Waals surface area contributed by atoms with Crippen LogP contribution >= 0.6 is 11.6 Å². The van der Waals surface area contributed by atoms with Gasteiger partial charge in [-0.25, -0.2) is 0 Å². The van der Waals surface area contributed by atoms with E-state index in [0.717, 1.165) is 71.0 Å². The molecule has 0 heterocycles. The Morgan fingerprint density at radius 1 is 0.739 bits per heavy atom. The first-order chi connectivity index (χ1) is 22.3. The van der Waals surface area contributed by atoms with Gasteiger partial charge in [0.1, 0.15) is 5.75 Å². The minimum absolute atomic E-state index is 0.0813. The van der Waals surface area contributed by atoms with Crippen molar-refractivity contribution in [3.05, 3.63) is 102 Å². The van der Waals surface area contributed by atoms with Crippen LogP contribution in [0.4, 0.5) is 0 Å². The first kappa shape index (κ1) is 40.7. The lowest BCUT2D eigenvalue weighted by atomic mass is 10.1. The predicted octanol–water partition coefficient (Wildman–Crippen LogP) is 8.92. The van der Waals surface area contributed by atoms with Crippen LogP contribution in [0.25, 0.3) is 0 Å². The number of rotatable bonds is 25. The standard InChI is InChI=1S/C39H58ClN3O3/c1-5-7-8-9-10-11-12-13-14-15-16-17-18-19-20-21-22-23-24-26-37(44)41-31-25-33-43(6-2)34-32-42-38(45)39(3,4)46-36-29-27-35(40)28-30-36/h7-8,10-11,13-14,16-17,19-20,22-23,27-30H,5-6,9,12,15,18,21,24-26,31-34H2,1-4H3,(H,41,44)(H,42,45)/b8-7-,11-10-,14-13-,17-16-,20-19-,23-22-. The SMILES string of the molecule is CC/C=C\C/C=C\C/C=C\C/C=C\C/C=C\C/C=C\CCC(=O)NCCCN(CC)CCNC(=O)C(C)(C)Oc1ccc(Cl)cc1. The third-order valence-electron chi connectivity index (χ3n) is 7.00. The summed E-state index contributed by atoms with van der Waals surface area (Å²) in [5, 5.41) is 6.61. The minimum atomic E-state index is -1.00. The molecule has 0 saturated carbocycles. The third-order valence-corrected chi connectivity index (χ3v) is 7.25. The maximum absolute atomic E-state index is 12.7. The zero-order chi connectivity index (χ0) is 33.7. The molecule has 2 amide bonds. The van der Waals surface area contributed by atoms with Crippen LogP contribution in [0.15, 0.2) is 97.2 Å². The Hall–Kier alpha value is -3.35. The highest BCUT2D eigenvalue weighted by atomic mass is 35.5. The summed E-state index contributed by atoms with van der Waals surface area (Å²) in [7, 11) is 0. The molecule has 1 aromatic rings. The van der Waals surface area contributed by atoms with Gasteiger partial charge in [0.05, 0.1) is 0 Å². The normalized spacial score (nSPS) is 12.7. The van der Waals surface area contributed by atoms with Gasteiger partial charge >= 0.3 is 0 Å². The van der Waals surface area contributed by atoms with Crippen LogP contribution in [-0.4, -0.2) is 55.0 Å². The van der Waals surface area contributed by atoms with Crippen molar-refractivity contribution >= 4 is 23.4 Å². The summed E-state index contributed by atoms with van der Waals surface area (Å²) in [4.78, 5) is 27.1. The molecule has 46 heavy (non-hydrogen) atoms. The summed E-state index contributed by atoms with van der Waals surface area (Å²) >= 11 is 5.92. The number of allylic oxidation sites excluding steroid dienone is 12. The lowest BCUT2D eigenvalue weighted by Crippen LogP contribution is -2.48. The summed E-state index contributed by atoms with van der Waals surface area (Å²) in [6.45, 7) is 11.4. The van der Waals surface area contributed by atoms with Gasteiger partial charge in [0, 0.05) is 31.1 Å². The maximum Gasteiger partial charge on any atom is 0.263 e. The lowest BCUT2D eigenvalue weighted by molar-refractivity contribution is -0.134. The second-order valence-electron chi connectivity index (χ2n) is 11.4. The molecular weight excluding hydrogens is 594 g/mol. The van der Waals surface area contributed by atoms with Crippen molar-refractivity contribution in [1.82, 2.24) is 15.5 Å². The van der Waals surface area contributed by atoms with Gasteiger partial charge in [0.25, 0.3) is 5.91 Å². The Bertz CT molecular complexity index is 1130. The van der Waals surface area contributed by atoms with Gasteiger partial charge in [-0.3, -0.25) is 9.59 Å². The molecule has 1 rings (SSSR count). The molecule has 2 N–H and O–H groups in total. The van der Waals surface area contributed by atoms with E-state index in [-0.39, 0.29) is 11.8 Å². The molecule has 0 fully saturated rings. The van der Waals surface area contributed by atoms with E-state index in [0.29, 0.717) is 30.3 Å². The van der Waals surface area contributed by atoms with Crippen molar-refractivity contribution < 1.29 is 14.3 Å². The van der Waals surface area contributed by atoms with E-state index >= 15 is 0 Å². The molecular formula is C39H58ClN3O3. The smallest absolute Gasteiger partial charge is 0.263 e. The van der Waals surface area contributed by atoms with E-state index in [2.05, 4.69) is 102 Å².